The zero-order chi connectivity index (χ0) is 22.9. The highest BCUT2D eigenvalue weighted by Gasteiger charge is 2.47. The number of nitrogens with zero attached hydrogens (tertiary/aromatic N) is 2. The average molecular weight is 519 g/mol. The highest BCUT2D eigenvalue weighted by Crippen LogP contribution is 2.31. The van der Waals surface area contributed by atoms with Crippen LogP contribution in [0, 0.1) is 0 Å². The molecular formula is C22H19BrN2O6S. The lowest BCUT2D eigenvalue weighted by Crippen LogP contribution is -2.45. The SMILES string of the molecule is COc1ccc(N2C(=O)CC(N(Cc3ccco3)S(=O)(=O)c3ccc(Br)cc3)C2=O)cc1. The molecule has 32 heavy (non-hydrogen) atoms. The second-order valence-corrected chi connectivity index (χ2v) is 9.88. The first-order chi connectivity index (χ1) is 15.3. The molecule has 1 aliphatic rings. The predicted molar refractivity (Wildman–Crippen MR) is 119 cm³/mol. The summed E-state index contributed by atoms with van der Waals surface area (Å²) in [6, 6.07) is 14.5. The van der Waals surface area contributed by atoms with E-state index in [2.05, 4.69) is 15.9 Å². The van der Waals surface area contributed by atoms with Gasteiger partial charge in [-0.05, 0) is 60.7 Å². The van der Waals surface area contributed by atoms with Crippen LogP contribution < -0.4 is 9.64 Å². The summed E-state index contributed by atoms with van der Waals surface area (Å²) in [5.74, 6) is -0.177. The van der Waals surface area contributed by atoms with Crippen molar-refractivity contribution in [2.75, 3.05) is 12.0 Å². The number of hydrogen-bond acceptors (Lipinski definition) is 6. The number of imide groups is 1. The van der Waals surface area contributed by atoms with Crippen LogP contribution in [0.3, 0.4) is 0 Å². The van der Waals surface area contributed by atoms with Crippen LogP contribution in [0.2, 0.25) is 0 Å². The zero-order valence-electron chi connectivity index (χ0n) is 17.0. The van der Waals surface area contributed by atoms with Crippen molar-refractivity contribution in [3.8, 4) is 5.75 Å². The van der Waals surface area contributed by atoms with Crippen LogP contribution in [0.25, 0.3) is 0 Å². The van der Waals surface area contributed by atoms with Gasteiger partial charge in [-0.25, -0.2) is 13.3 Å². The Morgan fingerprint density at radius 3 is 2.38 bits per heavy atom. The summed E-state index contributed by atoms with van der Waals surface area (Å²) >= 11 is 3.29. The van der Waals surface area contributed by atoms with Gasteiger partial charge in [-0.1, -0.05) is 15.9 Å². The number of rotatable bonds is 7. The smallest absolute Gasteiger partial charge is 0.252 e. The summed E-state index contributed by atoms with van der Waals surface area (Å²) in [7, 11) is -2.61. The van der Waals surface area contributed by atoms with E-state index >= 15 is 0 Å². The second-order valence-electron chi connectivity index (χ2n) is 7.07. The first-order valence-corrected chi connectivity index (χ1v) is 11.8. The van der Waals surface area contributed by atoms with E-state index < -0.39 is 27.9 Å². The number of methoxy groups -OCH3 is 1. The van der Waals surface area contributed by atoms with Crippen LogP contribution >= 0.6 is 15.9 Å². The van der Waals surface area contributed by atoms with Gasteiger partial charge in [-0.2, -0.15) is 4.31 Å². The summed E-state index contributed by atoms with van der Waals surface area (Å²) in [5, 5.41) is 0. The largest absolute Gasteiger partial charge is 0.497 e. The third-order valence-corrected chi connectivity index (χ3v) is 7.51. The molecule has 3 aromatic rings. The van der Waals surface area contributed by atoms with Crippen molar-refractivity contribution in [3.05, 3.63) is 77.2 Å². The molecule has 2 aromatic carbocycles. The molecule has 166 valence electrons. The van der Waals surface area contributed by atoms with Crippen LogP contribution in [0.5, 0.6) is 5.75 Å². The Hall–Kier alpha value is -2.95. The molecule has 4 rings (SSSR count). The molecule has 1 saturated heterocycles. The third-order valence-electron chi connectivity index (χ3n) is 5.11. The van der Waals surface area contributed by atoms with Gasteiger partial charge in [0.1, 0.15) is 17.6 Å². The van der Waals surface area contributed by atoms with Crippen LogP contribution in [0.4, 0.5) is 5.69 Å². The number of halogens is 1. The third kappa shape index (κ3) is 4.21. The first-order valence-electron chi connectivity index (χ1n) is 9.62. The Bertz CT molecular complexity index is 1220. The number of anilines is 1. The van der Waals surface area contributed by atoms with Crippen molar-refractivity contribution < 1.29 is 27.2 Å². The van der Waals surface area contributed by atoms with E-state index in [1.54, 1.807) is 48.5 Å². The number of carbonyl (C=O) groups is 2. The normalized spacial score (nSPS) is 16.7. The fourth-order valence-electron chi connectivity index (χ4n) is 3.50. The number of ether oxygens (including phenoxy) is 1. The van der Waals surface area contributed by atoms with Crippen LogP contribution in [-0.2, 0) is 26.2 Å². The lowest BCUT2D eigenvalue weighted by Gasteiger charge is -2.26. The Morgan fingerprint density at radius 2 is 1.78 bits per heavy atom. The molecule has 1 aromatic heterocycles. The van der Waals surface area contributed by atoms with Gasteiger partial charge in [0.05, 0.1) is 36.9 Å². The Morgan fingerprint density at radius 1 is 1.09 bits per heavy atom. The van der Waals surface area contributed by atoms with Crippen molar-refractivity contribution in [3.63, 3.8) is 0 Å². The molecule has 1 aliphatic heterocycles. The molecule has 0 saturated carbocycles. The lowest BCUT2D eigenvalue weighted by molar-refractivity contribution is -0.122. The van der Waals surface area contributed by atoms with E-state index in [4.69, 9.17) is 9.15 Å². The van der Waals surface area contributed by atoms with Crippen molar-refractivity contribution in [2.45, 2.75) is 23.9 Å². The number of furan rings is 1. The molecular weight excluding hydrogens is 500 g/mol. The zero-order valence-corrected chi connectivity index (χ0v) is 19.4. The predicted octanol–water partition coefficient (Wildman–Crippen LogP) is 3.57. The molecule has 2 amide bonds. The molecule has 0 spiro atoms. The van der Waals surface area contributed by atoms with Crippen LogP contribution in [0.1, 0.15) is 12.2 Å². The molecule has 1 fully saturated rings. The van der Waals surface area contributed by atoms with Gasteiger partial charge in [0, 0.05) is 4.47 Å². The number of sulfonamides is 1. The number of carbonyl (C=O) groups excluding carboxylic acids is 2. The molecule has 8 nitrogen and oxygen atoms in total. The molecule has 0 bridgehead atoms. The maximum absolute atomic E-state index is 13.5. The quantitative estimate of drug-likeness (QED) is 0.443. The fraction of sp³-hybridized carbons (Fsp3) is 0.182. The monoisotopic (exact) mass is 518 g/mol. The van der Waals surface area contributed by atoms with E-state index in [1.807, 2.05) is 0 Å². The molecule has 1 unspecified atom stereocenters. The minimum Gasteiger partial charge on any atom is -0.497 e. The van der Waals surface area contributed by atoms with E-state index in [1.165, 1.54) is 25.5 Å². The summed E-state index contributed by atoms with van der Waals surface area (Å²) in [6.07, 6.45) is 1.15. The minimum absolute atomic E-state index is 0.00963. The van der Waals surface area contributed by atoms with Crippen molar-refractivity contribution in [1.29, 1.82) is 0 Å². The topological polar surface area (TPSA) is 97.1 Å². The van der Waals surface area contributed by atoms with E-state index in [9.17, 15) is 18.0 Å². The van der Waals surface area contributed by atoms with Crippen molar-refractivity contribution >= 4 is 43.5 Å². The van der Waals surface area contributed by atoms with Gasteiger partial charge < -0.3 is 9.15 Å². The minimum atomic E-state index is -4.12. The van der Waals surface area contributed by atoms with Crippen LogP contribution in [0.15, 0.2) is 80.7 Å². The van der Waals surface area contributed by atoms with Crippen molar-refractivity contribution in [1.82, 2.24) is 4.31 Å². The van der Waals surface area contributed by atoms with Gasteiger partial charge >= 0.3 is 0 Å². The summed E-state index contributed by atoms with van der Waals surface area (Å²) < 4.78 is 39.2. The number of hydrogen-bond donors (Lipinski definition) is 0. The molecule has 2 heterocycles. The Labute approximate surface area is 193 Å². The average Bonchev–Trinajstić information content (AvgIpc) is 3.40. The summed E-state index contributed by atoms with van der Waals surface area (Å²) in [6.45, 7) is -0.189. The Balaban J connectivity index is 1.71. The van der Waals surface area contributed by atoms with Crippen molar-refractivity contribution in [2.24, 2.45) is 0 Å². The molecule has 0 N–H and O–H groups in total. The Kier molecular flexibility index (Phi) is 6.18. The van der Waals surface area contributed by atoms with Gasteiger partial charge in [0.15, 0.2) is 0 Å². The summed E-state index contributed by atoms with van der Waals surface area (Å²) in [5.41, 5.74) is 0.349. The molecule has 10 heteroatoms. The standard InChI is InChI=1S/C22H19BrN2O6S/c1-30-17-8-6-16(7-9-17)25-21(26)13-20(22(25)27)24(14-18-3-2-12-31-18)32(28,29)19-10-4-15(23)5-11-19/h2-12,20H,13-14H2,1H3. The highest BCUT2D eigenvalue weighted by molar-refractivity contribution is 9.10. The fourth-order valence-corrected chi connectivity index (χ4v) is 5.32. The first kappa shape index (κ1) is 22.3. The van der Waals surface area contributed by atoms with Gasteiger partial charge in [-0.3, -0.25) is 9.59 Å². The van der Waals surface area contributed by atoms with Gasteiger partial charge in [-0.15, -0.1) is 0 Å². The van der Waals surface area contributed by atoms with Gasteiger partial charge in [0.2, 0.25) is 15.9 Å². The van der Waals surface area contributed by atoms with Gasteiger partial charge in [0.25, 0.3) is 5.91 Å². The second kappa shape index (κ2) is 8.89. The van der Waals surface area contributed by atoms with E-state index in [0.29, 0.717) is 21.7 Å². The molecule has 0 aliphatic carbocycles. The summed E-state index contributed by atoms with van der Waals surface area (Å²) in [4.78, 5) is 27.1. The van der Waals surface area contributed by atoms with E-state index in [0.717, 1.165) is 9.21 Å². The highest BCUT2D eigenvalue weighted by atomic mass is 79.9. The molecule has 1 atom stereocenters. The van der Waals surface area contributed by atoms with Crippen LogP contribution in [-0.4, -0.2) is 37.7 Å². The number of benzene rings is 2. The lowest BCUT2D eigenvalue weighted by atomic mass is 10.2. The number of amides is 2. The maximum atomic E-state index is 13.5. The molecule has 0 radical (unpaired) electrons. The maximum Gasteiger partial charge on any atom is 0.252 e. The van der Waals surface area contributed by atoms with E-state index in [-0.39, 0.29) is 17.9 Å².